The lowest BCUT2D eigenvalue weighted by Gasteiger charge is -2.09. The Morgan fingerprint density at radius 3 is 2.75 bits per heavy atom. The van der Waals surface area contributed by atoms with Gasteiger partial charge in [0.25, 0.3) is 5.69 Å². The van der Waals surface area contributed by atoms with Gasteiger partial charge in [0.05, 0.1) is 15.5 Å². The maximum absolute atomic E-state index is 10.9. The third-order valence-corrected chi connectivity index (χ3v) is 4.28. The number of nitro groups is 1. The molecular weight excluding hydrogens is 276 g/mol. The minimum absolute atomic E-state index is 0.0737. The van der Waals surface area contributed by atoms with Crippen LogP contribution in [0.15, 0.2) is 24.3 Å². The standard InChI is InChI=1S/C13H16N4O2S/c1-8(14-2)12-11(16-13(15-3)20-12)9-5-4-6-10(7-9)17(18)19/h4-8,14H,1-3H3,(H,15,16). The topological polar surface area (TPSA) is 80.1 Å². The Morgan fingerprint density at radius 2 is 2.15 bits per heavy atom. The molecular formula is C13H16N4O2S. The molecule has 2 rings (SSSR count). The summed E-state index contributed by atoms with van der Waals surface area (Å²) in [4.78, 5) is 16.1. The number of hydrogen-bond acceptors (Lipinski definition) is 6. The van der Waals surface area contributed by atoms with E-state index in [9.17, 15) is 10.1 Å². The van der Waals surface area contributed by atoms with Crippen molar-refractivity contribution < 1.29 is 4.92 Å². The first-order valence-corrected chi connectivity index (χ1v) is 6.99. The van der Waals surface area contributed by atoms with Crippen LogP contribution in [0.4, 0.5) is 10.8 Å². The fraction of sp³-hybridized carbons (Fsp3) is 0.308. The third-order valence-electron chi connectivity index (χ3n) is 3.02. The van der Waals surface area contributed by atoms with Gasteiger partial charge < -0.3 is 10.6 Å². The van der Waals surface area contributed by atoms with E-state index in [-0.39, 0.29) is 11.7 Å². The molecule has 0 fully saturated rings. The van der Waals surface area contributed by atoms with Gasteiger partial charge in [-0.05, 0) is 14.0 Å². The van der Waals surface area contributed by atoms with E-state index in [4.69, 9.17) is 0 Å². The molecule has 6 nitrogen and oxygen atoms in total. The molecule has 0 saturated heterocycles. The van der Waals surface area contributed by atoms with Gasteiger partial charge in [-0.3, -0.25) is 10.1 Å². The van der Waals surface area contributed by atoms with Gasteiger partial charge in [0, 0.05) is 30.8 Å². The zero-order valence-electron chi connectivity index (χ0n) is 11.5. The van der Waals surface area contributed by atoms with Gasteiger partial charge in [0.2, 0.25) is 0 Å². The largest absolute Gasteiger partial charge is 0.365 e. The van der Waals surface area contributed by atoms with Crippen molar-refractivity contribution in [3.05, 3.63) is 39.3 Å². The van der Waals surface area contributed by atoms with E-state index in [2.05, 4.69) is 15.6 Å². The van der Waals surface area contributed by atoms with Gasteiger partial charge >= 0.3 is 0 Å². The van der Waals surface area contributed by atoms with Crippen LogP contribution in [0.5, 0.6) is 0 Å². The summed E-state index contributed by atoms with van der Waals surface area (Å²) in [5, 5.41) is 17.9. The average molecular weight is 292 g/mol. The number of anilines is 1. The van der Waals surface area contributed by atoms with Crippen molar-refractivity contribution in [2.24, 2.45) is 0 Å². The van der Waals surface area contributed by atoms with E-state index >= 15 is 0 Å². The van der Waals surface area contributed by atoms with Crippen molar-refractivity contribution in [3.8, 4) is 11.3 Å². The summed E-state index contributed by atoms with van der Waals surface area (Å²) in [6.45, 7) is 2.04. The zero-order chi connectivity index (χ0) is 14.7. The second-order valence-corrected chi connectivity index (χ2v) is 5.33. The molecule has 2 aromatic rings. The van der Waals surface area contributed by atoms with Crippen LogP contribution in [0.3, 0.4) is 0 Å². The first-order chi connectivity index (χ1) is 9.56. The highest BCUT2D eigenvalue weighted by atomic mass is 32.1. The number of aromatic nitrogens is 1. The average Bonchev–Trinajstić information content (AvgIpc) is 2.90. The summed E-state index contributed by atoms with van der Waals surface area (Å²) in [7, 11) is 3.69. The summed E-state index contributed by atoms with van der Waals surface area (Å²) in [6.07, 6.45) is 0. The van der Waals surface area contributed by atoms with E-state index in [0.29, 0.717) is 0 Å². The lowest BCUT2D eigenvalue weighted by molar-refractivity contribution is -0.384. The van der Waals surface area contributed by atoms with Gasteiger partial charge in [-0.25, -0.2) is 4.98 Å². The molecule has 0 aliphatic carbocycles. The number of nitrogens with zero attached hydrogens (tertiary/aromatic N) is 2. The minimum atomic E-state index is -0.393. The van der Waals surface area contributed by atoms with Crippen LogP contribution in [0.1, 0.15) is 17.8 Å². The molecule has 20 heavy (non-hydrogen) atoms. The molecule has 1 atom stereocenters. The second kappa shape index (κ2) is 5.98. The number of nitrogens with one attached hydrogen (secondary N) is 2. The van der Waals surface area contributed by atoms with Gasteiger partial charge in [-0.2, -0.15) is 0 Å². The molecule has 0 radical (unpaired) electrons. The maximum atomic E-state index is 10.9. The fourth-order valence-corrected chi connectivity index (χ4v) is 2.84. The number of hydrogen-bond donors (Lipinski definition) is 2. The van der Waals surface area contributed by atoms with Gasteiger partial charge in [0.1, 0.15) is 0 Å². The second-order valence-electron chi connectivity index (χ2n) is 4.30. The number of thiazole rings is 1. The van der Waals surface area contributed by atoms with Crippen LogP contribution >= 0.6 is 11.3 Å². The van der Waals surface area contributed by atoms with Gasteiger partial charge in [-0.15, -0.1) is 0 Å². The van der Waals surface area contributed by atoms with Crippen LogP contribution in [-0.4, -0.2) is 24.0 Å². The third kappa shape index (κ3) is 2.78. The summed E-state index contributed by atoms with van der Waals surface area (Å²) in [5.41, 5.74) is 1.61. The molecule has 2 N–H and O–H groups in total. The highest BCUT2D eigenvalue weighted by molar-refractivity contribution is 7.16. The molecule has 0 amide bonds. The van der Waals surface area contributed by atoms with E-state index < -0.39 is 4.92 Å². The van der Waals surface area contributed by atoms with E-state index in [0.717, 1.165) is 21.3 Å². The lowest BCUT2D eigenvalue weighted by Crippen LogP contribution is -2.11. The molecule has 0 saturated carbocycles. The minimum Gasteiger partial charge on any atom is -0.365 e. The Balaban J connectivity index is 2.53. The Hall–Kier alpha value is -1.99. The summed E-state index contributed by atoms with van der Waals surface area (Å²) < 4.78 is 0. The zero-order valence-corrected chi connectivity index (χ0v) is 12.3. The Bertz CT molecular complexity index is 627. The Kier molecular flexibility index (Phi) is 4.31. The van der Waals surface area contributed by atoms with Crippen molar-refractivity contribution in [2.45, 2.75) is 13.0 Å². The summed E-state index contributed by atoms with van der Waals surface area (Å²) >= 11 is 1.55. The maximum Gasteiger partial charge on any atom is 0.270 e. The van der Waals surface area contributed by atoms with Gasteiger partial charge in [0.15, 0.2) is 5.13 Å². The normalized spacial score (nSPS) is 12.2. The first kappa shape index (κ1) is 14.4. The molecule has 7 heteroatoms. The molecule has 0 aliphatic heterocycles. The fourth-order valence-electron chi connectivity index (χ4n) is 1.84. The number of benzene rings is 1. The molecule has 1 heterocycles. The molecule has 0 aliphatic rings. The van der Waals surface area contributed by atoms with Crippen LogP contribution in [-0.2, 0) is 0 Å². The molecule has 1 aromatic carbocycles. The van der Waals surface area contributed by atoms with Crippen molar-refractivity contribution >= 4 is 22.2 Å². The Morgan fingerprint density at radius 1 is 1.40 bits per heavy atom. The smallest absolute Gasteiger partial charge is 0.270 e. The van der Waals surface area contributed by atoms with Crippen LogP contribution < -0.4 is 10.6 Å². The summed E-state index contributed by atoms with van der Waals surface area (Å²) in [6, 6.07) is 6.69. The van der Waals surface area contributed by atoms with Crippen molar-refractivity contribution in [1.29, 1.82) is 0 Å². The SMILES string of the molecule is CNc1nc(-c2cccc([N+](=O)[O-])c2)c(C(C)NC)s1. The predicted octanol–water partition coefficient (Wildman–Crippen LogP) is 3.04. The quantitative estimate of drug-likeness (QED) is 0.654. The molecule has 106 valence electrons. The van der Waals surface area contributed by atoms with Crippen LogP contribution in [0, 0.1) is 10.1 Å². The highest BCUT2D eigenvalue weighted by Crippen LogP contribution is 2.36. The Labute approximate surface area is 121 Å². The first-order valence-electron chi connectivity index (χ1n) is 6.17. The number of nitro benzene ring substituents is 1. The molecule has 0 spiro atoms. The number of non-ortho nitro benzene ring substituents is 1. The van der Waals surface area contributed by atoms with Crippen molar-refractivity contribution in [1.82, 2.24) is 10.3 Å². The lowest BCUT2D eigenvalue weighted by atomic mass is 10.1. The van der Waals surface area contributed by atoms with Crippen LogP contribution in [0.2, 0.25) is 0 Å². The molecule has 1 unspecified atom stereocenters. The highest BCUT2D eigenvalue weighted by Gasteiger charge is 2.18. The summed E-state index contributed by atoms with van der Waals surface area (Å²) in [5.74, 6) is 0. The monoisotopic (exact) mass is 292 g/mol. The van der Waals surface area contributed by atoms with Crippen molar-refractivity contribution in [2.75, 3.05) is 19.4 Å². The van der Waals surface area contributed by atoms with Crippen LogP contribution in [0.25, 0.3) is 11.3 Å². The van der Waals surface area contributed by atoms with Gasteiger partial charge in [-0.1, -0.05) is 23.5 Å². The number of rotatable bonds is 5. The van der Waals surface area contributed by atoms with Crippen molar-refractivity contribution in [3.63, 3.8) is 0 Å². The van der Waals surface area contributed by atoms with E-state index in [1.54, 1.807) is 23.5 Å². The predicted molar refractivity (Wildman–Crippen MR) is 81.2 cm³/mol. The van der Waals surface area contributed by atoms with E-state index in [1.807, 2.05) is 27.1 Å². The molecule has 0 bridgehead atoms. The molecule has 1 aromatic heterocycles. The van der Waals surface area contributed by atoms with E-state index in [1.165, 1.54) is 6.07 Å².